The van der Waals surface area contributed by atoms with Gasteiger partial charge in [-0.15, -0.1) is 0 Å². The van der Waals surface area contributed by atoms with Crippen LogP contribution in [0.25, 0.3) is 6.08 Å². The van der Waals surface area contributed by atoms with E-state index in [1.807, 2.05) is 31.2 Å². The van der Waals surface area contributed by atoms with Gasteiger partial charge in [0.25, 0.3) is 10.0 Å². The highest BCUT2D eigenvalue weighted by atomic mass is 32.2. The van der Waals surface area contributed by atoms with E-state index in [-0.39, 0.29) is 4.90 Å². The lowest BCUT2D eigenvalue weighted by atomic mass is 10.1. The van der Waals surface area contributed by atoms with Gasteiger partial charge in [0.1, 0.15) is 0 Å². The molecule has 4 nitrogen and oxygen atoms in total. The highest BCUT2D eigenvalue weighted by Gasteiger charge is 2.11. The Kier molecular flexibility index (Phi) is 4.55. The van der Waals surface area contributed by atoms with E-state index in [1.165, 1.54) is 6.21 Å². The van der Waals surface area contributed by atoms with Gasteiger partial charge < -0.3 is 0 Å². The molecule has 108 valence electrons. The van der Waals surface area contributed by atoms with Gasteiger partial charge in [-0.25, -0.2) is 4.83 Å². The van der Waals surface area contributed by atoms with Crippen LogP contribution in [-0.2, 0) is 10.0 Å². The summed E-state index contributed by atoms with van der Waals surface area (Å²) in [7, 11) is -3.64. The molecule has 0 spiro atoms. The van der Waals surface area contributed by atoms with Crippen molar-refractivity contribution in [2.75, 3.05) is 0 Å². The summed E-state index contributed by atoms with van der Waals surface area (Å²) in [5, 5.41) is 3.81. The molecule has 2 aromatic rings. The van der Waals surface area contributed by atoms with Crippen molar-refractivity contribution in [3.63, 3.8) is 0 Å². The standard InChI is InChI=1S/C16H16N2O2S/c1-3-14-6-4-5-7-15(14)12-17-18-21(19,20)16-10-8-13(2)9-11-16/h3-12,18H,1H2,2H3. The summed E-state index contributed by atoms with van der Waals surface area (Å²) in [5.41, 5.74) is 2.67. The van der Waals surface area contributed by atoms with Crippen LogP contribution in [0.3, 0.4) is 0 Å². The van der Waals surface area contributed by atoms with Crippen molar-refractivity contribution in [3.05, 3.63) is 71.8 Å². The van der Waals surface area contributed by atoms with Gasteiger partial charge in [-0.1, -0.05) is 54.6 Å². The molecule has 21 heavy (non-hydrogen) atoms. The number of hydrogen-bond donors (Lipinski definition) is 1. The fraction of sp³-hybridized carbons (Fsp3) is 0.0625. The number of sulfonamides is 1. The maximum Gasteiger partial charge on any atom is 0.276 e. The summed E-state index contributed by atoms with van der Waals surface area (Å²) in [5.74, 6) is 0. The molecule has 0 bridgehead atoms. The highest BCUT2D eigenvalue weighted by molar-refractivity contribution is 7.89. The Morgan fingerprint density at radius 2 is 1.67 bits per heavy atom. The third-order valence-electron chi connectivity index (χ3n) is 2.92. The number of rotatable bonds is 5. The zero-order valence-corrected chi connectivity index (χ0v) is 12.5. The second-order valence-corrected chi connectivity index (χ2v) is 6.16. The van der Waals surface area contributed by atoms with Crippen molar-refractivity contribution >= 4 is 22.3 Å². The first-order valence-corrected chi connectivity index (χ1v) is 7.84. The Balaban J connectivity index is 2.16. The second kappa shape index (κ2) is 6.37. The second-order valence-electron chi connectivity index (χ2n) is 4.50. The average Bonchev–Trinajstić information content (AvgIpc) is 2.48. The topological polar surface area (TPSA) is 58.5 Å². The molecule has 0 aromatic heterocycles. The maximum absolute atomic E-state index is 12.0. The molecule has 0 aliphatic heterocycles. The molecule has 2 rings (SSSR count). The largest absolute Gasteiger partial charge is 0.276 e. The van der Waals surface area contributed by atoms with E-state index >= 15 is 0 Å². The summed E-state index contributed by atoms with van der Waals surface area (Å²) in [6.45, 7) is 5.60. The van der Waals surface area contributed by atoms with E-state index in [0.717, 1.165) is 16.7 Å². The first-order valence-electron chi connectivity index (χ1n) is 6.36. The van der Waals surface area contributed by atoms with Crippen LogP contribution in [0.15, 0.2) is 65.1 Å². The molecule has 0 saturated carbocycles. The third-order valence-corrected chi connectivity index (χ3v) is 4.16. The minimum Gasteiger partial charge on any atom is -0.200 e. The van der Waals surface area contributed by atoms with Gasteiger partial charge >= 0.3 is 0 Å². The zero-order valence-electron chi connectivity index (χ0n) is 11.7. The molecule has 0 heterocycles. The molecule has 0 saturated heterocycles. The van der Waals surface area contributed by atoms with Gasteiger partial charge in [0.15, 0.2) is 0 Å². The predicted octanol–water partition coefficient (Wildman–Crippen LogP) is 2.95. The third kappa shape index (κ3) is 3.79. The van der Waals surface area contributed by atoms with Gasteiger partial charge in [-0.05, 0) is 24.6 Å². The van der Waals surface area contributed by atoms with Crippen LogP contribution >= 0.6 is 0 Å². The fourth-order valence-corrected chi connectivity index (χ4v) is 2.54. The van der Waals surface area contributed by atoms with Gasteiger partial charge in [-0.3, -0.25) is 0 Å². The smallest absolute Gasteiger partial charge is 0.200 e. The molecule has 5 heteroatoms. The van der Waals surface area contributed by atoms with Gasteiger partial charge in [0.05, 0.1) is 11.1 Å². The Morgan fingerprint density at radius 1 is 1.05 bits per heavy atom. The van der Waals surface area contributed by atoms with Crippen molar-refractivity contribution < 1.29 is 8.42 Å². The first kappa shape index (κ1) is 15.0. The zero-order chi connectivity index (χ0) is 15.3. The van der Waals surface area contributed by atoms with Crippen molar-refractivity contribution in [2.24, 2.45) is 5.10 Å². The molecule has 0 fully saturated rings. The molecule has 2 aromatic carbocycles. The van der Waals surface area contributed by atoms with Gasteiger partial charge in [0.2, 0.25) is 0 Å². The normalized spacial score (nSPS) is 11.5. The minimum atomic E-state index is -3.64. The van der Waals surface area contributed by atoms with E-state index in [4.69, 9.17) is 0 Å². The molecule has 1 N–H and O–H groups in total. The monoisotopic (exact) mass is 300 g/mol. The Bertz CT molecular complexity index is 763. The maximum atomic E-state index is 12.0. The van der Waals surface area contributed by atoms with Crippen molar-refractivity contribution in [3.8, 4) is 0 Å². The summed E-state index contributed by atoms with van der Waals surface area (Å²) >= 11 is 0. The number of hydrogen-bond acceptors (Lipinski definition) is 3. The van der Waals surface area contributed by atoms with Crippen LogP contribution in [0, 0.1) is 6.92 Å². The number of hydrazone groups is 1. The molecule has 0 radical (unpaired) electrons. The number of nitrogens with zero attached hydrogens (tertiary/aromatic N) is 1. The lowest BCUT2D eigenvalue weighted by Crippen LogP contribution is -2.18. The van der Waals surface area contributed by atoms with Crippen LogP contribution < -0.4 is 4.83 Å². The van der Waals surface area contributed by atoms with Crippen LogP contribution in [0.2, 0.25) is 0 Å². The molecule has 0 atom stereocenters. The number of aryl methyl sites for hydroxylation is 1. The van der Waals surface area contributed by atoms with E-state index < -0.39 is 10.0 Å². The molecule has 0 unspecified atom stereocenters. The van der Waals surface area contributed by atoms with E-state index in [1.54, 1.807) is 30.3 Å². The Morgan fingerprint density at radius 3 is 2.29 bits per heavy atom. The summed E-state index contributed by atoms with van der Waals surface area (Å²) in [6.07, 6.45) is 3.15. The lowest BCUT2D eigenvalue weighted by molar-refractivity contribution is 0.584. The minimum absolute atomic E-state index is 0.183. The molecule has 0 aliphatic rings. The van der Waals surface area contributed by atoms with E-state index in [2.05, 4.69) is 16.5 Å². The summed E-state index contributed by atoms with van der Waals surface area (Å²) in [6, 6.07) is 14.0. The quantitative estimate of drug-likeness (QED) is 0.682. The van der Waals surface area contributed by atoms with Gasteiger partial charge in [-0.2, -0.15) is 13.5 Å². The average molecular weight is 300 g/mol. The van der Waals surface area contributed by atoms with Crippen molar-refractivity contribution in [1.82, 2.24) is 4.83 Å². The summed E-state index contributed by atoms with van der Waals surface area (Å²) in [4.78, 5) is 2.38. The van der Waals surface area contributed by atoms with Crippen LogP contribution in [0.1, 0.15) is 16.7 Å². The predicted molar refractivity (Wildman–Crippen MR) is 85.6 cm³/mol. The van der Waals surface area contributed by atoms with Crippen molar-refractivity contribution in [2.45, 2.75) is 11.8 Å². The SMILES string of the molecule is C=Cc1ccccc1C=NNS(=O)(=O)c1ccc(C)cc1. The van der Waals surface area contributed by atoms with Crippen LogP contribution in [0.4, 0.5) is 0 Å². The first-order chi connectivity index (χ1) is 10.0. The highest BCUT2D eigenvalue weighted by Crippen LogP contribution is 2.10. The van der Waals surface area contributed by atoms with Crippen LogP contribution in [-0.4, -0.2) is 14.6 Å². The summed E-state index contributed by atoms with van der Waals surface area (Å²) < 4.78 is 24.1. The molecule has 0 amide bonds. The molecule has 0 aliphatic carbocycles. The van der Waals surface area contributed by atoms with Crippen molar-refractivity contribution in [1.29, 1.82) is 0 Å². The molecular weight excluding hydrogens is 284 g/mol. The Labute approximate surface area is 124 Å². The number of nitrogens with one attached hydrogen (secondary N) is 1. The number of benzene rings is 2. The van der Waals surface area contributed by atoms with E-state index in [0.29, 0.717) is 0 Å². The molecular formula is C16H16N2O2S. The Hall–Kier alpha value is -2.40. The van der Waals surface area contributed by atoms with Crippen LogP contribution in [0.5, 0.6) is 0 Å². The van der Waals surface area contributed by atoms with E-state index in [9.17, 15) is 8.42 Å². The lowest BCUT2D eigenvalue weighted by Gasteiger charge is -2.04. The van der Waals surface area contributed by atoms with Gasteiger partial charge in [0, 0.05) is 5.56 Å². The fourth-order valence-electron chi connectivity index (χ4n) is 1.75.